The van der Waals surface area contributed by atoms with Crippen LogP contribution in [0, 0.1) is 16.0 Å². The van der Waals surface area contributed by atoms with E-state index in [9.17, 15) is 24.5 Å². The van der Waals surface area contributed by atoms with Gasteiger partial charge in [-0.1, -0.05) is 30.3 Å². The molecule has 0 N–H and O–H groups in total. The average Bonchev–Trinajstić information content (AvgIpc) is 3.13. The van der Waals surface area contributed by atoms with Crippen LogP contribution in [0.25, 0.3) is 11.1 Å². The van der Waals surface area contributed by atoms with E-state index in [1.807, 2.05) is 30.3 Å². The Morgan fingerprint density at radius 1 is 1.09 bits per heavy atom. The van der Waals surface area contributed by atoms with Crippen molar-refractivity contribution in [2.75, 3.05) is 13.1 Å². The Morgan fingerprint density at radius 3 is 2.50 bits per heavy atom. The van der Waals surface area contributed by atoms with E-state index in [1.165, 1.54) is 22.8 Å². The van der Waals surface area contributed by atoms with Crippen molar-refractivity contribution in [2.45, 2.75) is 32.2 Å². The van der Waals surface area contributed by atoms with Gasteiger partial charge >= 0.3 is 5.76 Å². The molecule has 9 heteroatoms. The number of nitrogens with zero attached hydrogens (tertiary/aromatic N) is 3. The number of Topliss-reactive ketones (excluding diaryl/α,β-unsaturated/α-hetero) is 1. The Kier molecular flexibility index (Phi) is 6.16. The lowest BCUT2D eigenvalue weighted by Gasteiger charge is -2.31. The molecule has 1 aliphatic rings. The van der Waals surface area contributed by atoms with Gasteiger partial charge in [0.2, 0.25) is 5.91 Å². The highest BCUT2D eigenvalue weighted by molar-refractivity contribution is 5.98. The molecule has 0 bridgehead atoms. The van der Waals surface area contributed by atoms with Gasteiger partial charge in [-0.15, -0.1) is 0 Å². The third-order valence-electron chi connectivity index (χ3n) is 5.91. The molecule has 166 valence electrons. The number of oxazole rings is 1. The number of fused-ring (bicyclic) bond motifs is 1. The largest absolute Gasteiger partial charge is 0.419 e. The number of carbonyl (C=O) groups is 2. The van der Waals surface area contributed by atoms with Gasteiger partial charge in [0.15, 0.2) is 11.4 Å². The number of carbonyl (C=O) groups excluding carboxylic acids is 2. The molecule has 1 fully saturated rings. The first kappa shape index (κ1) is 21.5. The number of hydrogen-bond acceptors (Lipinski definition) is 6. The van der Waals surface area contributed by atoms with Crippen molar-refractivity contribution < 1.29 is 18.9 Å². The highest BCUT2D eigenvalue weighted by Gasteiger charge is 2.27. The van der Waals surface area contributed by atoms with Crippen LogP contribution in [0.5, 0.6) is 0 Å². The maximum Gasteiger partial charge on any atom is 0.419 e. The molecule has 1 aromatic heterocycles. The number of ketones is 1. The van der Waals surface area contributed by atoms with Crippen molar-refractivity contribution in [1.29, 1.82) is 0 Å². The Bertz CT molecular complexity index is 1210. The zero-order chi connectivity index (χ0) is 22.7. The lowest BCUT2D eigenvalue weighted by molar-refractivity contribution is -0.384. The second kappa shape index (κ2) is 9.17. The number of aryl methyl sites for hydroxylation is 1. The molecule has 2 aromatic carbocycles. The number of nitro groups is 1. The van der Waals surface area contributed by atoms with Crippen LogP contribution in [0.4, 0.5) is 5.69 Å². The number of benzene rings is 2. The number of rotatable bonds is 7. The van der Waals surface area contributed by atoms with Gasteiger partial charge in [0.1, 0.15) is 0 Å². The van der Waals surface area contributed by atoms with Crippen molar-refractivity contribution >= 4 is 28.5 Å². The van der Waals surface area contributed by atoms with Crippen LogP contribution in [0.3, 0.4) is 0 Å². The first-order valence-electron chi connectivity index (χ1n) is 10.6. The molecule has 9 nitrogen and oxygen atoms in total. The lowest BCUT2D eigenvalue weighted by Crippen LogP contribution is -2.40. The van der Waals surface area contributed by atoms with Crippen molar-refractivity contribution in [2.24, 2.45) is 5.92 Å². The first-order valence-corrected chi connectivity index (χ1v) is 10.6. The number of hydrogen-bond donors (Lipinski definition) is 0. The van der Waals surface area contributed by atoms with Crippen molar-refractivity contribution in [3.63, 3.8) is 0 Å². The molecule has 0 atom stereocenters. The van der Waals surface area contributed by atoms with Gasteiger partial charge in [-0.2, -0.15) is 0 Å². The SMILES string of the molecule is O=C(c1ccccc1)C1CCN(C(=O)CCCn2c(=O)oc3cc([N+](=O)[O-])ccc32)CC1. The quantitative estimate of drug-likeness (QED) is 0.318. The third-order valence-corrected chi connectivity index (χ3v) is 5.91. The Hall–Kier alpha value is -3.75. The molecular formula is C23H23N3O6. The smallest absolute Gasteiger partial charge is 0.407 e. The van der Waals surface area contributed by atoms with E-state index in [4.69, 9.17) is 4.42 Å². The lowest BCUT2D eigenvalue weighted by atomic mass is 9.89. The van der Waals surface area contributed by atoms with Crippen LogP contribution >= 0.6 is 0 Å². The molecule has 0 radical (unpaired) electrons. The summed E-state index contributed by atoms with van der Waals surface area (Å²) in [6.45, 7) is 1.36. The fraction of sp³-hybridized carbons (Fsp3) is 0.348. The Morgan fingerprint density at radius 2 is 1.81 bits per heavy atom. The standard InChI is InChI=1S/C23H23N3O6/c27-21(24-13-10-17(11-14-24)22(28)16-5-2-1-3-6-16)7-4-12-25-19-9-8-18(26(30)31)15-20(19)32-23(25)29/h1-3,5-6,8-9,15,17H,4,7,10-14H2. The summed E-state index contributed by atoms with van der Waals surface area (Å²) >= 11 is 0. The molecule has 0 saturated carbocycles. The molecule has 0 unspecified atom stereocenters. The molecule has 1 saturated heterocycles. The van der Waals surface area contributed by atoms with Crippen LogP contribution in [0.15, 0.2) is 57.7 Å². The fourth-order valence-electron chi connectivity index (χ4n) is 4.16. The van der Waals surface area contributed by atoms with E-state index in [-0.39, 0.29) is 41.8 Å². The van der Waals surface area contributed by atoms with Crippen LogP contribution < -0.4 is 5.76 Å². The molecule has 0 spiro atoms. The summed E-state index contributed by atoms with van der Waals surface area (Å²) in [5.41, 5.74) is 1.18. The second-order valence-electron chi connectivity index (χ2n) is 7.92. The maximum absolute atomic E-state index is 12.6. The van der Waals surface area contributed by atoms with Gasteiger partial charge in [0, 0.05) is 43.6 Å². The van der Waals surface area contributed by atoms with Gasteiger partial charge in [-0.25, -0.2) is 4.79 Å². The van der Waals surface area contributed by atoms with E-state index in [2.05, 4.69) is 0 Å². The third kappa shape index (κ3) is 4.46. The molecule has 2 heterocycles. The second-order valence-corrected chi connectivity index (χ2v) is 7.92. The van der Waals surface area contributed by atoms with Crippen LogP contribution in [-0.2, 0) is 11.3 Å². The highest BCUT2D eigenvalue weighted by Crippen LogP contribution is 2.23. The Balaban J connectivity index is 1.30. The fourth-order valence-corrected chi connectivity index (χ4v) is 4.16. The molecule has 3 aromatic rings. The topological polar surface area (TPSA) is 116 Å². The minimum atomic E-state index is -0.604. The van der Waals surface area contributed by atoms with Crippen molar-refractivity contribution in [3.05, 3.63) is 74.8 Å². The molecule has 4 rings (SSSR count). The van der Waals surface area contributed by atoms with E-state index in [0.29, 0.717) is 43.4 Å². The number of aromatic nitrogens is 1. The van der Waals surface area contributed by atoms with E-state index < -0.39 is 10.7 Å². The van der Waals surface area contributed by atoms with E-state index in [1.54, 1.807) is 4.90 Å². The van der Waals surface area contributed by atoms with Gasteiger partial charge in [-0.05, 0) is 25.3 Å². The highest BCUT2D eigenvalue weighted by atomic mass is 16.6. The molecular weight excluding hydrogens is 414 g/mol. The predicted octanol–water partition coefficient (Wildman–Crippen LogP) is 3.40. The van der Waals surface area contributed by atoms with Crippen LogP contribution in [-0.4, -0.2) is 39.2 Å². The number of nitro benzene ring substituents is 1. The molecule has 0 aliphatic carbocycles. The maximum atomic E-state index is 12.6. The minimum Gasteiger partial charge on any atom is -0.407 e. The van der Waals surface area contributed by atoms with Crippen LogP contribution in [0.2, 0.25) is 0 Å². The van der Waals surface area contributed by atoms with Gasteiger partial charge in [0.05, 0.1) is 16.5 Å². The normalized spacial score (nSPS) is 14.6. The zero-order valence-electron chi connectivity index (χ0n) is 17.4. The van der Waals surface area contributed by atoms with Crippen molar-refractivity contribution in [1.82, 2.24) is 9.47 Å². The predicted molar refractivity (Wildman–Crippen MR) is 116 cm³/mol. The Labute approximate surface area is 183 Å². The molecule has 32 heavy (non-hydrogen) atoms. The van der Waals surface area contributed by atoms with E-state index >= 15 is 0 Å². The summed E-state index contributed by atoms with van der Waals surface area (Å²) < 4.78 is 6.50. The zero-order valence-corrected chi connectivity index (χ0v) is 17.4. The molecule has 1 amide bonds. The summed E-state index contributed by atoms with van der Waals surface area (Å²) in [6, 6.07) is 13.2. The van der Waals surface area contributed by atoms with Crippen molar-refractivity contribution in [3.8, 4) is 0 Å². The van der Waals surface area contributed by atoms with Gasteiger partial charge in [0.25, 0.3) is 5.69 Å². The van der Waals surface area contributed by atoms with Gasteiger partial charge in [-0.3, -0.25) is 24.3 Å². The number of non-ortho nitro benzene ring substituents is 1. The van der Waals surface area contributed by atoms with Gasteiger partial charge < -0.3 is 9.32 Å². The first-order chi connectivity index (χ1) is 15.4. The van der Waals surface area contributed by atoms with Crippen LogP contribution in [0.1, 0.15) is 36.0 Å². The monoisotopic (exact) mass is 437 g/mol. The minimum absolute atomic E-state index is 0.00732. The summed E-state index contributed by atoms with van der Waals surface area (Å²) in [4.78, 5) is 49.4. The number of amides is 1. The summed E-state index contributed by atoms with van der Waals surface area (Å²) in [5.74, 6) is -0.550. The number of likely N-dealkylation sites (tertiary alicyclic amines) is 1. The summed E-state index contributed by atoms with van der Waals surface area (Å²) in [5, 5.41) is 10.9. The average molecular weight is 437 g/mol. The van der Waals surface area contributed by atoms with E-state index in [0.717, 1.165) is 0 Å². The summed E-state index contributed by atoms with van der Waals surface area (Å²) in [6.07, 6.45) is 1.99. The summed E-state index contributed by atoms with van der Waals surface area (Å²) in [7, 11) is 0. The number of piperidine rings is 1. The molecule has 1 aliphatic heterocycles.